The summed E-state index contributed by atoms with van der Waals surface area (Å²) in [5, 5.41) is 11.8. The number of anilines is 6. The minimum absolute atomic E-state index is 0.849. The molecule has 1 heterocycles. The normalized spacial score (nSPS) is 11.6. The van der Waals surface area contributed by atoms with Gasteiger partial charge >= 0.3 is 0 Å². The maximum absolute atomic E-state index is 7.06. The molecule has 0 spiro atoms. The fraction of sp³-hybridized carbons (Fsp3) is 0. The van der Waals surface area contributed by atoms with E-state index in [1.54, 1.807) is 0 Å². The molecule has 0 aliphatic carbocycles. The Kier molecular flexibility index (Phi) is 8.17. The fourth-order valence-electron chi connectivity index (χ4n) is 9.41. The lowest BCUT2D eigenvalue weighted by Crippen LogP contribution is -2.11. The van der Waals surface area contributed by atoms with Gasteiger partial charge in [-0.15, -0.1) is 0 Å². The van der Waals surface area contributed by atoms with Gasteiger partial charge in [-0.05, 0) is 116 Å². The highest BCUT2D eigenvalue weighted by molar-refractivity contribution is 6.30. The standard InChI is InChI=1S/C58H38N2O/c1-4-16-39(17-5-1)49-24-14-15-27-55(49)60(43-21-8-3-9-22-43)46-32-35-53-56(38-46)61-58-52-34-31-45(37-54(52)50-25-12-13-26-51(50)57(53)58)59(42-19-6-2-7-20-42)44-30-33-48-41(36-44)29-28-40-18-10-11-23-47(40)48/h1-38H. The van der Waals surface area contributed by atoms with Crippen molar-refractivity contribution in [3.8, 4) is 11.1 Å². The first kappa shape index (κ1) is 34.9. The monoisotopic (exact) mass is 778 g/mol. The number of furan rings is 1. The molecule has 0 aliphatic rings. The van der Waals surface area contributed by atoms with Crippen molar-refractivity contribution in [2.45, 2.75) is 0 Å². The number of para-hydroxylation sites is 3. The summed E-state index contributed by atoms with van der Waals surface area (Å²) >= 11 is 0. The van der Waals surface area contributed by atoms with E-state index in [4.69, 9.17) is 4.42 Å². The van der Waals surface area contributed by atoms with Gasteiger partial charge in [-0.3, -0.25) is 0 Å². The van der Waals surface area contributed by atoms with E-state index in [0.717, 1.165) is 72.4 Å². The molecule has 0 saturated heterocycles. The first-order chi connectivity index (χ1) is 30.3. The summed E-state index contributed by atoms with van der Waals surface area (Å²) in [6.45, 7) is 0. The Balaban J connectivity index is 1.04. The van der Waals surface area contributed by atoms with E-state index in [2.05, 4.69) is 240 Å². The van der Waals surface area contributed by atoms with Gasteiger partial charge in [0.05, 0.1) is 5.69 Å². The SMILES string of the molecule is c1ccc(-c2ccccc2N(c2ccccc2)c2ccc3c(c2)oc2c4ccc(N(c5ccccc5)c5ccc6c(ccc7ccccc76)c5)cc4c4ccccc4c32)cc1. The number of hydrogen-bond acceptors (Lipinski definition) is 3. The highest BCUT2D eigenvalue weighted by atomic mass is 16.3. The second-order valence-corrected chi connectivity index (χ2v) is 15.7. The van der Waals surface area contributed by atoms with Crippen molar-refractivity contribution >= 4 is 99.2 Å². The van der Waals surface area contributed by atoms with Gasteiger partial charge in [-0.25, -0.2) is 0 Å². The molecule has 0 amide bonds. The number of benzene rings is 11. The van der Waals surface area contributed by atoms with Crippen LogP contribution in [-0.4, -0.2) is 0 Å². The maximum Gasteiger partial charge on any atom is 0.143 e. The minimum Gasteiger partial charge on any atom is -0.455 e. The predicted molar refractivity (Wildman–Crippen MR) is 259 cm³/mol. The molecular formula is C58H38N2O. The van der Waals surface area contributed by atoms with Crippen molar-refractivity contribution in [3.05, 3.63) is 231 Å². The van der Waals surface area contributed by atoms with Gasteiger partial charge in [0.2, 0.25) is 0 Å². The summed E-state index contributed by atoms with van der Waals surface area (Å²) in [4.78, 5) is 4.70. The molecule has 0 fully saturated rings. The molecule has 11 aromatic carbocycles. The lowest BCUT2D eigenvalue weighted by molar-refractivity contribution is 0.673. The van der Waals surface area contributed by atoms with Crippen molar-refractivity contribution in [1.29, 1.82) is 0 Å². The third kappa shape index (κ3) is 5.82. The molecule has 0 N–H and O–H groups in total. The fourth-order valence-corrected chi connectivity index (χ4v) is 9.41. The molecule has 0 atom stereocenters. The quantitative estimate of drug-likeness (QED) is 0.150. The van der Waals surface area contributed by atoms with Crippen molar-refractivity contribution in [1.82, 2.24) is 0 Å². The molecule has 3 nitrogen and oxygen atoms in total. The predicted octanol–water partition coefficient (Wildman–Crippen LogP) is 16.8. The van der Waals surface area contributed by atoms with E-state index in [1.807, 2.05) is 0 Å². The van der Waals surface area contributed by atoms with E-state index in [1.165, 1.54) is 37.9 Å². The van der Waals surface area contributed by atoms with Crippen LogP contribution in [0.3, 0.4) is 0 Å². The Morgan fingerprint density at radius 2 is 0.836 bits per heavy atom. The first-order valence-corrected chi connectivity index (χ1v) is 20.8. The molecular weight excluding hydrogens is 741 g/mol. The van der Waals surface area contributed by atoms with E-state index in [9.17, 15) is 0 Å². The Hall–Kier alpha value is -8.14. The number of rotatable bonds is 7. The zero-order chi connectivity index (χ0) is 40.3. The number of fused-ring (bicyclic) bond motifs is 11. The van der Waals surface area contributed by atoms with Crippen LogP contribution in [0.25, 0.3) is 76.2 Å². The van der Waals surface area contributed by atoms with Crippen LogP contribution < -0.4 is 9.80 Å². The first-order valence-electron chi connectivity index (χ1n) is 20.8. The van der Waals surface area contributed by atoms with Gasteiger partial charge in [0.1, 0.15) is 11.2 Å². The Bertz CT molecular complexity index is 3600. The molecule has 1 aromatic heterocycles. The van der Waals surface area contributed by atoms with Gasteiger partial charge in [-0.1, -0.05) is 152 Å². The van der Waals surface area contributed by atoms with Crippen molar-refractivity contribution in [3.63, 3.8) is 0 Å². The average molecular weight is 779 g/mol. The smallest absolute Gasteiger partial charge is 0.143 e. The van der Waals surface area contributed by atoms with Gasteiger partial charge in [0.15, 0.2) is 0 Å². The third-order valence-electron chi connectivity index (χ3n) is 12.2. The average Bonchev–Trinajstić information content (AvgIpc) is 3.72. The highest BCUT2D eigenvalue weighted by Gasteiger charge is 2.22. The molecule has 0 aliphatic heterocycles. The van der Waals surface area contributed by atoms with Gasteiger partial charge in [0, 0.05) is 56.2 Å². The second kappa shape index (κ2) is 14.3. The lowest BCUT2D eigenvalue weighted by Gasteiger charge is -2.27. The number of hydrogen-bond donors (Lipinski definition) is 0. The van der Waals surface area contributed by atoms with Crippen LogP contribution in [0.4, 0.5) is 34.1 Å². The van der Waals surface area contributed by atoms with Gasteiger partial charge in [0.25, 0.3) is 0 Å². The van der Waals surface area contributed by atoms with Crippen LogP contribution in [-0.2, 0) is 0 Å². The Morgan fingerprint density at radius 1 is 0.295 bits per heavy atom. The lowest BCUT2D eigenvalue weighted by atomic mass is 9.96. The second-order valence-electron chi connectivity index (χ2n) is 15.7. The summed E-state index contributed by atoms with van der Waals surface area (Å²) in [6, 6.07) is 82.7. The summed E-state index contributed by atoms with van der Waals surface area (Å²) in [7, 11) is 0. The van der Waals surface area contributed by atoms with E-state index >= 15 is 0 Å². The Labute approximate surface area is 353 Å². The van der Waals surface area contributed by atoms with Crippen molar-refractivity contribution in [2.24, 2.45) is 0 Å². The van der Waals surface area contributed by atoms with Crippen LogP contribution in [0.15, 0.2) is 235 Å². The molecule has 0 bridgehead atoms. The van der Waals surface area contributed by atoms with Crippen LogP contribution in [0.2, 0.25) is 0 Å². The molecule has 0 radical (unpaired) electrons. The number of nitrogens with zero attached hydrogens (tertiary/aromatic N) is 2. The zero-order valence-electron chi connectivity index (χ0n) is 33.2. The summed E-state index contributed by atoms with van der Waals surface area (Å²) < 4.78 is 7.06. The zero-order valence-corrected chi connectivity index (χ0v) is 33.2. The molecule has 0 unspecified atom stereocenters. The Morgan fingerprint density at radius 3 is 1.61 bits per heavy atom. The third-order valence-corrected chi connectivity index (χ3v) is 12.2. The summed E-state index contributed by atoms with van der Waals surface area (Å²) in [5.41, 5.74) is 10.6. The maximum atomic E-state index is 7.06. The van der Waals surface area contributed by atoms with Gasteiger partial charge in [-0.2, -0.15) is 0 Å². The van der Waals surface area contributed by atoms with Crippen molar-refractivity contribution in [2.75, 3.05) is 9.80 Å². The van der Waals surface area contributed by atoms with Gasteiger partial charge < -0.3 is 14.2 Å². The van der Waals surface area contributed by atoms with Crippen LogP contribution >= 0.6 is 0 Å². The molecule has 0 saturated carbocycles. The van der Waals surface area contributed by atoms with Crippen LogP contribution in [0.5, 0.6) is 0 Å². The van der Waals surface area contributed by atoms with E-state index in [-0.39, 0.29) is 0 Å². The highest BCUT2D eigenvalue weighted by Crippen LogP contribution is 2.47. The molecule has 12 aromatic rings. The van der Waals surface area contributed by atoms with E-state index < -0.39 is 0 Å². The summed E-state index contributed by atoms with van der Waals surface area (Å²) in [5.74, 6) is 0. The summed E-state index contributed by atoms with van der Waals surface area (Å²) in [6.07, 6.45) is 0. The molecule has 3 heteroatoms. The van der Waals surface area contributed by atoms with Crippen LogP contribution in [0.1, 0.15) is 0 Å². The molecule has 286 valence electrons. The molecule has 12 rings (SSSR count). The topological polar surface area (TPSA) is 19.6 Å². The van der Waals surface area contributed by atoms with Crippen molar-refractivity contribution < 1.29 is 4.42 Å². The van der Waals surface area contributed by atoms with E-state index in [0.29, 0.717) is 0 Å². The minimum atomic E-state index is 0.849. The molecule has 61 heavy (non-hydrogen) atoms. The largest absolute Gasteiger partial charge is 0.455 e. The van der Waals surface area contributed by atoms with Crippen LogP contribution in [0, 0.1) is 0 Å².